The fourth-order valence-corrected chi connectivity index (χ4v) is 4.02. The van der Waals surface area contributed by atoms with E-state index in [2.05, 4.69) is 16.4 Å². The van der Waals surface area contributed by atoms with E-state index in [0.29, 0.717) is 6.54 Å². The third kappa shape index (κ3) is 4.12. The van der Waals surface area contributed by atoms with Gasteiger partial charge in [0.15, 0.2) is 5.78 Å². The van der Waals surface area contributed by atoms with Gasteiger partial charge in [-0.05, 0) is 58.7 Å². The van der Waals surface area contributed by atoms with Crippen molar-refractivity contribution in [2.45, 2.75) is 52.2 Å². The van der Waals surface area contributed by atoms with Gasteiger partial charge in [0.1, 0.15) is 0 Å². The molecule has 2 aliphatic rings. The van der Waals surface area contributed by atoms with Gasteiger partial charge in [0, 0.05) is 36.0 Å². The Bertz CT molecular complexity index is 639. The highest BCUT2D eigenvalue weighted by atomic mass is 16.5. The molecule has 0 radical (unpaired) electrons. The number of ether oxygens (including phenoxy) is 1. The van der Waals surface area contributed by atoms with Crippen LogP contribution in [0.3, 0.4) is 0 Å². The molecule has 2 fully saturated rings. The third-order valence-corrected chi connectivity index (χ3v) is 5.64. The fraction of sp³-hybridized carbons (Fsp3) is 0.684. The number of primary amides is 1. The molecule has 6 nitrogen and oxygen atoms in total. The summed E-state index contributed by atoms with van der Waals surface area (Å²) in [4.78, 5) is 26.2. The number of hydrogen-bond donors (Lipinski definition) is 1. The van der Waals surface area contributed by atoms with Gasteiger partial charge in [0.25, 0.3) is 0 Å². The van der Waals surface area contributed by atoms with Crippen molar-refractivity contribution in [3.63, 3.8) is 0 Å². The molecule has 6 heteroatoms. The van der Waals surface area contributed by atoms with Gasteiger partial charge in [-0.25, -0.2) is 0 Å². The molecular weight excluding hydrogens is 318 g/mol. The van der Waals surface area contributed by atoms with Crippen LogP contribution in [0.15, 0.2) is 6.07 Å². The Balaban J connectivity index is 1.61. The number of rotatable bonds is 6. The van der Waals surface area contributed by atoms with Crippen molar-refractivity contribution in [2.24, 2.45) is 11.7 Å². The van der Waals surface area contributed by atoms with Crippen LogP contribution >= 0.6 is 0 Å². The quantitative estimate of drug-likeness (QED) is 0.794. The van der Waals surface area contributed by atoms with Gasteiger partial charge in [0.2, 0.25) is 5.91 Å². The minimum atomic E-state index is -0.219. The molecule has 1 aromatic heterocycles. The summed E-state index contributed by atoms with van der Waals surface area (Å²) >= 11 is 0. The molecule has 0 unspecified atom stereocenters. The van der Waals surface area contributed by atoms with Crippen molar-refractivity contribution in [3.8, 4) is 0 Å². The average molecular weight is 347 g/mol. The van der Waals surface area contributed by atoms with Crippen LogP contribution in [-0.2, 0) is 16.1 Å². The molecule has 1 aromatic rings. The van der Waals surface area contributed by atoms with E-state index in [1.807, 2.05) is 13.0 Å². The number of carbonyl (C=O) groups excluding carboxylic acids is 2. The lowest BCUT2D eigenvalue weighted by atomic mass is 9.96. The van der Waals surface area contributed by atoms with Gasteiger partial charge in [-0.1, -0.05) is 0 Å². The Morgan fingerprint density at radius 1 is 1.24 bits per heavy atom. The number of aryl methyl sites for hydroxylation is 1. The van der Waals surface area contributed by atoms with E-state index in [1.165, 1.54) is 0 Å². The SMILES string of the molecule is Cc1cc(C(=O)CN2CCC(C(N)=O)CC2)c(C)n1C[C@@H]1CCCO1. The highest BCUT2D eigenvalue weighted by Gasteiger charge is 2.26. The lowest BCUT2D eigenvalue weighted by Gasteiger charge is -2.29. The van der Waals surface area contributed by atoms with Crippen molar-refractivity contribution in [1.82, 2.24) is 9.47 Å². The van der Waals surface area contributed by atoms with Crippen LogP contribution in [0.5, 0.6) is 0 Å². The van der Waals surface area contributed by atoms with Crippen LogP contribution in [0.4, 0.5) is 0 Å². The Hall–Kier alpha value is -1.66. The molecule has 0 saturated carbocycles. The molecule has 1 atom stereocenters. The summed E-state index contributed by atoms with van der Waals surface area (Å²) in [6, 6.07) is 2.00. The second kappa shape index (κ2) is 7.70. The van der Waals surface area contributed by atoms with Crippen LogP contribution in [0, 0.1) is 19.8 Å². The minimum absolute atomic E-state index is 0.0390. The zero-order chi connectivity index (χ0) is 18.0. The Morgan fingerprint density at radius 2 is 1.96 bits per heavy atom. The van der Waals surface area contributed by atoms with Gasteiger partial charge in [0.05, 0.1) is 12.6 Å². The largest absolute Gasteiger partial charge is 0.376 e. The Kier molecular flexibility index (Phi) is 5.59. The number of ketones is 1. The number of carbonyl (C=O) groups is 2. The van der Waals surface area contributed by atoms with Gasteiger partial charge < -0.3 is 15.0 Å². The summed E-state index contributed by atoms with van der Waals surface area (Å²) in [5.74, 6) is -0.101. The summed E-state index contributed by atoms with van der Waals surface area (Å²) in [5, 5.41) is 0. The van der Waals surface area contributed by atoms with Crippen molar-refractivity contribution in [2.75, 3.05) is 26.2 Å². The second-order valence-corrected chi connectivity index (χ2v) is 7.41. The zero-order valence-electron chi connectivity index (χ0n) is 15.3. The number of Topliss-reactive ketones (excluding diaryl/α,β-unsaturated/α-hetero) is 1. The van der Waals surface area contributed by atoms with Crippen molar-refractivity contribution >= 4 is 11.7 Å². The van der Waals surface area contributed by atoms with E-state index in [4.69, 9.17) is 10.5 Å². The summed E-state index contributed by atoms with van der Waals surface area (Å²) in [6.45, 7) is 7.68. The molecule has 25 heavy (non-hydrogen) atoms. The predicted octanol–water partition coefficient (Wildman–Crippen LogP) is 1.66. The van der Waals surface area contributed by atoms with Gasteiger partial charge >= 0.3 is 0 Å². The van der Waals surface area contributed by atoms with E-state index in [1.54, 1.807) is 0 Å². The lowest BCUT2D eigenvalue weighted by molar-refractivity contribution is -0.123. The molecule has 2 saturated heterocycles. The number of nitrogens with zero attached hydrogens (tertiary/aromatic N) is 2. The number of nitrogens with two attached hydrogens (primary N) is 1. The average Bonchev–Trinajstić information content (AvgIpc) is 3.19. The maximum atomic E-state index is 12.8. The lowest BCUT2D eigenvalue weighted by Crippen LogP contribution is -2.40. The monoisotopic (exact) mass is 347 g/mol. The zero-order valence-corrected chi connectivity index (χ0v) is 15.3. The molecule has 0 bridgehead atoms. The van der Waals surface area contributed by atoms with Crippen molar-refractivity contribution in [3.05, 3.63) is 23.0 Å². The van der Waals surface area contributed by atoms with E-state index < -0.39 is 0 Å². The van der Waals surface area contributed by atoms with Crippen LogP contribution in [-0.4, -0.2) is 53.5 Å². The van der Waals surface area contributed by atoms with Gasteiger partial charge in [-0.15, -0.1) is 0 Å². The van der Waals surface area contributed by atoms with Crippen molar-refractivity contribution in [1.29, 1.82) is 0 Å². The summed E-state index contributed by atoms with van der Waals surface area (Å²) in [6.07, 6.45) is 3.98. The second-order valence-electron chi connectivity index (χ2n) is 7.41. The molecule has 2 N–H and O–H groups in total. The molecule has 0 spiro atoms. The molecule has 0 aliphatic carbocycles. The third-order valence-electron chi connectivity index (χ3n) is 5.64. The summed E-state index contributed by atoms with van der Waals surface area (Å²) < 4.78 is 7.95. The van der Waals surface area contributed by atoms with Crippen LogP contribution in [0.2, 0.25) is 0 Å². The maximum absolute atomic E-state index is 12.8. The Morgan fingerprint density at radius 3 is 2.56 bits per heavy atom. The topological polar surface area (TPSA) is 77.6 Å². The molecule has 1 amide bonds. The minimum Gasteiger partial charge on any atom is -0.376 e. The van der Waals surface area contributed by atoms with Crippen molar-refractivity contribution < 1.29 is 14.3 Å². The number of piperidine rings is 1. The van der Waals surface area contributed by atoms with Gasteiger partial charge in [-0.3, -0.25) is 14.5 Å². The standard InChI is InChI=1S/C19H29N3O3/c1-13-10-17(14(2)22(13)11-16-4-3-9-25-16)18(23)12-21-7-5-15(6-8-21)19(20)24/h10,15-16H,3-9,11-12H2,1-2H3,(H2,20,24)/t16-/m0/s1. The molecule has 3 rings (SSSR count). The number of amides is 1. The smallest absolute Gasteiger partial charge is 0.220 e. The first-order chi connectivity index (χ1) is 12.0. The molecule has 3 heterocycles. The summed E-state index contributed by atoms with van der Waals surface area (Å²) in [5.41, 5.74) is 8.33. The molecular formula is C19H29N3O3. The predicted molar refractivity (Wildman–Crippen MR) is 95.6 cm³/mol. The first-order valence-electron chi connectivity index (χ1n) is 9.29. The van der Waals surface area contributed by atoms with E-state index in [9.17, 15) is 9.59 Å². The van der Waals surface area contributed by atoms with Crippen LogP contribution < -0.4 is 5.73 Å². The fourth-order valence-electron chi connectivity index (χ4n) is 4.02. The van der Waals surface area contributed by atoms with E-state index in [-0.39, 0.29) is 23.7 Å². The highest BCUT2D eigenvalue weighted by Crippen LogP contribution is 2.22. The maximum Gasteiger partial charge on any atom is 0.220 e. The molecule has 0 aromatic carbocycles. The van der Waals surface area contributed by atoms with Crippen LogP contribution in [0.1, 0.15) is 47.4 Å². The number of likely N-dealkylation sites (tertiary alicyclic amines) is 1. The summed E-state index contributed by atoms with van der Waals surface area (Å²) in [7, 11) is 0. The molecule has 138 valence electrons. The first-order valence-corrected chi connectivity index (χ1v) is 9.29. The number of hydrogen-bond acceptors (Lipinski definition) is 4. The first kappa shape index (κ1) is 18.1. The highest BCUT2D eigenvalue weighted by molar-refractivity contribution is 5.99. The van der Waals surface area contributed by atoms with Gasteiger partial charge in [-0.2, -0.15) is 0 Å². The Labute approximate surface area is 149 Å². The molecule has 2 aliphatic heterocycles. The number of aromatic nitrogens is 1. The van der Waals surface area contributed by atoms with E-state index in [0.717, 1.165) is 68.9 Å². The van der Waals surface area contributed by atoms with E-state index >= 15 is 0 Å². The van der Waals surface area contributed by atoms with Crippen LogP contribution in [0.25, 0.3) is 0 Å². The normalized spacial score (nSPS) is 22.4.